The van der Waals surface area contributed by atoms with Crippen LogP contribution in [0.1, 0.15) is 11.8 Å². The Morgan fingerprint density at radius 3 is 2.63 bits per heavy atom. The van der Waals surface area contributed by atoms with E-state index in [-0.39, 0.29) is 12.5 Å². The number of hydrogen-bond acceptors (Lipinski definition) is 5. The molecular weight excluding hydrogens is 428 g/mol. The van der Waals surface area contributed by atoms with Crippen LogP contribution >= 0.6 is 27.3 Å². The number of benzene rings is 2. The van der Waals surface area contributed by atoms with Crippen molar-refractivity contribution in [3.8, 4) is 22.8 Å². The molecular formula is C20H19BrN2O3S. The van der Waals surface area contributed by atoms with Crippen LogP contribution in [0.15, 0.2) is 53.0 Å². The molecule has 0 atom stereocenters. The molecule has 2 aromatic carbocycles. The molecule has 0 fully saturated rings. The minimum absolute atomic E-state index is 0.0954. The van der Waals surface area contributed by atoms with Crippen molar-refractivity contribution in [2.75, 3.05) is 19.0 Å². The summed E-state index contributed by atoms with van der Waals surface area (Å²) in [5.74, 6) is 1.00. The van der Waals surface area contributed by atoms with Gasteiger partial charge in [0.2, 0.25) is 0 Å². The van der Waals surface area contributed by atoms with Gasteiger partial charge in [0.15, 0.2) is 11.7 Å². The second-order valence-electron chi connectivity index (χ2n) is 5.67. The van der Waals surface area contributed by atoms with E-state index in [9.17, 15) is 4.79 Å². The number of anilines is 1. The van der Waals surface area contributed by atoms with Crippen molar-refractivity contribution < 1.29 is 14.3 Å². The molecule has 0 saturated heterocycles. The zero-order chi connectivity index (χ0) is 19.2. The molecule has 0 aliphatic carbocycles. The highest BCUT2D eigenvalue weighted by Gasteiger charge is 2.14. The fourth-order valence-electron chi connectivity index (χ4n) is 2.47. The summed E-state index contributed by atoms with van der Waals surface area (Å²) in [7, 11) is 1.59. The van der Waals surface area contributed by atoms with Crippen molar-refractivity contribution in [2.24, 2.45) is 0 Å². The Bertz CT molecular complexity index is 925. The SMILES string of the molecule is CCc1sc(NC(=O)COc2cccc(OC)c2)nc1-c1ccc(Br)cc1. The van der Waals surface area contributed by atoms with E-state index in [2.05, 4.69) is 33.2 Å². The zero-order valence-corrected chi connectivity index (χ0v) is 17.4. The predicted molar refractivity (Wildman–Crippen MR) is 112 cm³/mol. The van der Waals surface area contributed by atoms with Crippen LogP contribution in [0.2, 0.25) is 0 Å². The molecule has 0 radical (unpaired) electrons. The lowest BCUT2D eigenvalue weighted by molar-refractivity contribution is -0.118. The average molecular weight is 447 g/mol. The van der Waals surface area contributed by atoms with Gasteiger partial charge in [-0.2, -0.15) is 0 Å². The van der Waals surface area contributed by atoms with Gasteiger partial charge in [-0.3, -0.25) is 10.1 Å². The van der Waals surface area contributed by atoms with Gasteiger partial charge >= 0.3 is 0 Å². The minimum Gasteiger partial charge on any atom is -0.497 e. The number of rotatable bonds is 7. The molecule has 27 heavy (non-hydrogen) atoms. The van der Waals surface area contributed by atoms with Crippen molar-refractivity contribution >= 4 is 38.3 Å². The lowest BCUT2D eigenvalue weighted by Crippen LogP contribution is -2.20. The van der Waals surface area contributed by atoms with Crippen LogP contribution in [0, 0.1) is 0 Å². The topological polar surface area (TPSA) is 60.5 Å². The van der Waals surface area contributed by atoms with Crippen LogP contribution in [-0.2, 0) is 11.2 Å². The van der Waals surface area contributed by atoms with E-state index in [1.54, 1.807) is 19.2 Å². The first kappa shape index (κ1) is 19.4. The van der Waals surface area contributed by atoms with Crippen LogP contribution in [0.5, 0.6) is 11.5 Å². The predicted octanol–water partition coefficient (Wildman–Crippen LogP) is 5.16. The maximum atomic E-state index is 12.2. The number of aromatic nitrogens is 1. The lowest BCUT2D eigenvalue weighted by atomic mass is 10.1. The molecule has 0 aliphatic heterocycles. The smallest absolute Gasteiger partial charge is 0.264 e. The molecule has 5 nitrogen and oxygen atoms in total. The largest absolute Gasteiger partial charge is 0.497 e. The van der Waals surface area contributed by atoms with E-state index in [4.69, 9.17) is 9.47 Å². The Balaban J connectivity index is 1.66. The fourth-order valence-corrected chi connectivity index (χ4v) is 3.68. The number of aryl methyl sites for hydroxylation is 1. The number of nitrogens with one attached hydrogen (secondary N) is 1. The zero-order valence-electron chi connectivity index (χ0n) is 15.0. The Hall–Kier alpha value is -2.38. The van der Waals surface area contributed by atoms with Gasteiger partial charge in [-0.05, 0) is 30.7 Å². The highest BCUT2D eigenvalue weighted by molar-refractivity contribution is 9.10. The molecule has 0 aliphatic rings. The van der Waals surface area contributed by atoms with Crippen molar-refractivity contribution in [3.63, 3.8) is 0 Å². The van der Waals surface area contributed by atoms with E-state index in [1.165, 1.54) is 11.3 Å². The van der Waals surface area contributed by atoms with Gasteiger partial charge in [-0.25, -0.2) is 4.98 Å². The second kappa shape index (κ2) is 9.01. The van der Waals surface area contributed by atoms with Gasteiger partial charge in [-0.15, -0.1) is 11.3 Å². The molecule has 1 amide bonds. The molecule has 0 spiro atoms. The van der Waals surface area contributed by atoms with Crippen molar-refractivity contribution in [1.29, 1.82) is 0 Å². The van der Waals surface area contributed by atoms with Crippen molar-refractivity contribution in [3.05, 3.63) is 57.9 Å². The van der Waals surface area contributed by atoms with E-state index in [0.717, 1.165) is 27.0 Å². The first-order valence-corrected chi connectivity index (χ1v) is 10.0. The molecule has 3 rings (SSSR count). The van der Waals surface area contributed by atoms with Gasteiger partial charge in [0.05, 0.1) is 12.8 Å². The third-order valence-corrected chi connectivity index (χ3v) is 5.44. The summed E-state index contributed by atoms with van der Waals surface area (Å²) < 4.78 is 11.7. The number of halogens is 1. The Labute approximate surface area is 170 Å². The standard InChI is InChI=1S/C20H19BrN2O3S/c1-3-17-19(13-7-9-14(21)10-8-13)23-20(27-17)22-18(24)12-26-16-6-4-5-15(11-16)25-2/h4-11H,3,12H2,1-2H3,(H,22,23,24). The monoisotopic (exact) mass is 446 g/mol. The molecule has 140 valence electrons. The maximum Gasteiger partial charge on any atom is 0.264 e. The molecule has 0 saturated carbocycles. The lowest BCUT2D eigenvalue weighted by Gasteiger charge is -2.07. The quantitative estimate of drug-likeness (QED) is 0.544. The van der Waals surface area contributed by atoms with Gasteiger partial charge in [-0.1, -0.05) is 41.1 Å². The number of carbonyl (C=O) groups excluding carboxylic acids is 1. The van der Waals surface area contributed by atoms with E-state index < -0.39 is 0 Å². The van der Waals surface area contributed by atoms with Crippen molar-refractivity contribution in [1.82, 2.24) is 4.98 Å². The number of ether oxygens (including phenoxy) is 2. The number of carbonyl (C=O) groups is 1. The minimum atomic E-state index is -0.253. The number of nitrogens with zero attached hydrogens (tertiary/aromatic N) is 1. The summed E-state index contributed by atoms with van der Waals surface area (Å²) in [4.78, 5) is 17.9. The van der Waals surface area contributed by atoms with E-state index in [1.807, 2.05) is 36.4 Å². The van der Waals surface area contributed by atoms with Crippen LogP contribution < -0.4 is 14.8 Å². The molecule has 1 N–H and O–H groups in total. The highest BCUT2D eigenvalue weighted by Crippen LogP contribution is 2.32. The third kappa shape index (κ3) is 5.08. The van der Waals surface area contributed by atoms with Crippen molar-refractivity contribution in [2.45, 2.75) is 13.3 Å². The Morgan fingerprint density at radius 2 is 1.93 bits per heavy atom. The average Bonchev–Trinajstić information content (AvgIpc) is 3.10. The molecule has 1 heterocycles. The van der Waals surface area contributed by atoms with E-state index >= 15 is 0 Å². The summed E-state index contributed by atoms with van der Waals surface area (Å²) >= 11 is 4.92. The number of amides is 1. The van der Waals surface area contributed by atoms with Gasteiger partial charge in [0.25, 0.3) is 5.91 Å². The number of thiazole rings is 1. The molecule has 7 heteroatoms. The van der Waals surface area contributed by atoms with Crippen LogP contribution in [0.4, 0.5) is 5.13 Å². The summed E-state index contributed by atoms with van der Waals surface area (Å²) in [6, 6.07) is 15.1. The maximum absolute atomic E-state index is 12.2. The van der Waals surface area contributed by atoms with Gasteiger partial charge in [0, 0.05) is 21.0 Å². The summed E-state index contributed by atoms with van der Waals surface area (Å²) in [6.45, 7) is 1.98. The van der Waals surface area contributed by atoms with Crippen LogP contribution in [0.3, 0.4) is 0 Å². The summed E-state index contributed by atoms with van der Waals surface area (Å²) in [6.07, 6.45) is 0.846. The second-order valence-corrected chi connectivity index (χ2v) is 7.67. The third-order valence-electron chi connectivity index (χ3n) is 3.79. The molecule has 1 aromatic heterocycles. The summed E-state index contributed by atoms with van der Waals surface area (Å²) in [5, 5.41) is 3.39. The van der Waals surface area contributed by atoms with E-state index in [0.29, 0.717) is 16.6 Å². The Kier molecular flexibility index (Phi) is 6.47. The normalized spacial score (nSPS) is 10.5. The molecule has 0 unspecified atom stereocenters. The highest BCUT2D eigenvalue weighted by atomic mass is 79.9. The van der Waals surface area contributed by atoms with Gasteiger partial charge in [0.1, 0.15) is 11.5 Å². The van der Waals surface area contributed by atoms with Crippen LogP contribution in [-0.4, -0.2) is 24.6 Å². The first-order chi connectivity index (χ1) is 13.1. The summed E-state index contributed by atoms with van der Waals surface area (Å²) in [5.41, 5.74) is 1.93. The molecule has 0 bridgehead atoms. The Morgan fingerprint density at radius 1 is 1.19 bits per heavy atom. The fraction of sp³-hybridized carbons (Fsp3) is 0.200. The first-order valence-electron chi connectivity index (χ1n) is 8.41. The van der Waals surface area contributed by atoms with Crippen LogP contribution in [0.25, 0.3) is 11.3 Å². The number of methoxy groups -OCH3 is 1. The van der Waals surface area contributed by atoms with Gasteiger partial charge < -0.3 is 9.47 Å². The molecule has 3 aromatic rings. The number of hydrogen-bond donors (Lipinski definition) is 1.